The maximum Gasteiger partial charge on any atom is 0.573 e. The zero-order valence-corrected chi connectivity index (χ0v) is 14.0. The molecule has 0 bridgehead atoms. The largest absolute Gasteiger partial charge is 0.573 e. The highest BCUT2D eigenvalue weighted by atomic mass is 19.4. The molecule has 6 nitrogen and oxygen atoms in total. The van der Waals surface area contributed by atoms with Crippen molar-refractivity contribution in [1.29, 1.82) is 0 Å². The molecule has 1 aromatic heterocycles. The lowest BCUT2D eigenvalue weighted by molar-refractivity contribution is -0.275. The van der Waals surface area contributed by atoms with E-state index >= 15 is 0 Å². The van der Waals surface area contributed by atoms with Gasteiger partial charge in [0, 0.05) is 43.4 Å². The number of hydrogen-bond acceptors (Lipinski definition) is 4. The van der Waals surface area contributed by atoms with Gasteiger partial charge in [-0.1, -0.05) is 6.58 Å². The summed E-state index contributed by atoms with van der Waals surface area (Å²) in [6, 6.07) is 4.97. The first-order valence-corrected chi connectivity index (χ1v) is 8.02. The normalized spacial score (nSPS) is 16.6. The van der Waals surface area contributed by atoms with Crippen molar-refractivity contribution >= 4 is 17.4 Å². The Kier molecular flexibility index (Phi) is 5.06. The number of aromatic nitrogens is 2. The van der Waals surface area contributed by atoms with Crippen LogP contribution in [0.4, 0.5) is 29.1 Å². The Bertz CT molecular complexity index is 850. The number of hydrogen-bond donors (Lipinski definition) is 1. The minimum absolute atomic E-state index is 0.0459. The van der Waals surface area contributed by atoms with Crippen molar-refractivity contribution in [2.24, 2.45) is 5.92 Å². The van der Waals surface area contributed by atoms with Crippen LogP contribution < -0.4 is 15.0 Å². The smallest absolute Gasteiger partial charge is 0.403 e. The maximum absolute atomic E-state index is 14.1. The van der Waals surface area contributed by atoms with Crippen LogP contribution in [0.1, 0.15) is 0 Å². The molecule has 0 spiro atoms. The summed E-state index contributed by atoms with van der Waals surface area (Å²) in [5.74, 6) is -1.71. The minimum atomic E-state index is -4.97. The summed E-state index contributed by atoms with van der Waals surface area (Å²) in [5, 5.41) is 6.89. The van der Waals surface area contributed by atoms with E-state index in [2.05, 4.69) is 21.7 Å². The molecule has 144 valence electrons. The van der Waals surface area contributed by atoms with Crippen LogP contribution in [0.15, 0.2) is 43.1 Å². The number of alkyl halides is 3. The first kappa shape index (κ1) is 18.7. The average molecular weight is 384 g/mol. The number of carbonyl (C=O) groups is 1. The lowest BCUT2D eigenvalue weighted by Gasteiger charge is -2.35. The molecule has 2 aromatic rings. The number of nitrogens with one attached hydrogen (secondary N) is 1. The third-order valence-corrected chi connectivity index (χ3v) is 4.05. The average Bonchev–Trinajstić information content (AvgIpc) is 3.08. The molecule has 1 aliphatic rings. The molecule has 1 amide bonds. The lowest BCUT2D eigenvalue weighted by Crippen LogP contribution is -2.41. The van der Waals surface area contributed by atoms with Gasteiger partial charge in [-0.05, 0) is 18.2 Å². The van der Waals surface area contributed by atoms with Crippen molar-refractivity contribution in [1.82, 2.24) is 15.1 Å². The number of anilines is 2. The molecule has 3 rings (SSSR count). The summed E-state index contributed by atoms with van der Waals surface area (Å²) in [5.41, 5.74) is 0.350. The Morgan fingerprint density at radius 3 is 2.81 bits per heavy atom. The van der Waals surface area contributed by atoms with Crippen LogP contribution in [0.2, 0.25) is 0 Å². The maximum atomic E-state index is 14.1. The molecule has 10 heteroatoms. The molecule has 0 saturated carbocycles. The van der Waals surface area contributed by atoms with Crippen LogP contribution >= 0.6 is 0 Å². The number of carbonyl (C=O) groups excluding carboxylic acids is 1. The summed E-state index contributed by atoms with van der Waals surface area (Å²) in [6.45, 7) is 4.68. The number of nitrogens with zero attached hydrogens (tertiary/aromatic N) is 3. The number of halogens is 4. The van der Waals surface area contributed by atoms with Gasteiger partial charge in [0.25, 0.3) is 0 Å². The molecule has 27 heavy (non-hydrogen) atoms. The van der Waals surface area contributed by atoms with Crippen molar-refractivity contribution in [3.05, 3.63) is 48.9 Å². The number of fused-ring (bicyclic) bond motifs is 1. The van der Waals surface area contributed by atoms with Crippen LogP contribution in [0.3, 0.4) is 0 Å². The number of amides is 1. The summed E-state index contributed by atoms with van der Waals surface area (Å²) >= 11 is 0. The molecule has 1 aromatic carbocycles. The predicted molar refractivity (Wildman–Crippen MR) is 89.0 cm³/mol. The van der Waals surface area contributed by atoms with E-state index in [0.717, 1.165) is 18.2 Å². The van der Waals surface area contributed by atoms with Crippen LogP contribution in [0.5, 0.6) is 5.75 Å². The molecule has 1 N–H and O–H groups in total. The minimum Gasteiger partial charge on any atom is -0.403 e. The fourth-order valence-electron chi connectivity index (χ4n) is 2.90. The van der Waals surface area contributed by atoms with Gasteiger partial charge in [0.15, 0.2) is 11.6 Å². The summed E-state index contributed by atoms with van der Waals surface area (Å²) in [4.78, 5) is 13.1. The molecular weight excluding hydrogens is 368 g/mol. The van der Waals surface area contributed by atoms with Gasteiger partial charge in [-0.25, -0.2) is 9.07 Å². The summed E-state index contributed by atoms with van der Waals surface area (Å²) in [7, 11) is 0. The summed E-state index contributed by atoms with van der Waals surface area (Å²) < 4.78 is 56.4. The van der Waals surface area contributed by atoms with Gasteiger partial charge in [-0.15, -0.1) is 13.2 Å². The Morgan fingerprint density at radius 1 is 1.37 bits per heavy atom. The van der Waals surface area contributed by atoms with Crippen molar-refractivity contribution in [3.8, 4) is 5.75 Å². The highest BCUT2D eigenvalue weighted by Crippen LogP contribution is 2.34. The predicted octanol–water partition coefficient (Wildman–Crippen LogP) is 2.99. The third kappa shape index (κ3) is 4.39. The molecule has 1 aliphatic heterocycles. The SMILES string of the molecule is C=CC(=O)NCC1CN(c2ccc(OC(F)(F)F)c(F)c2)c2ccnn2C1. The standard InChI is InChI=1S/C17H16F4N4O2/c1-2-15(26)22-8-11-9-24(16-5-6-23-25(16)10-11)12-3-4-14(13(18)7-12)27-17(19,20)21/h2-7,11H,1,8-10H2,(H,22,26). The van der Waals surface area contributed by atoms with Gasteiger partial charge in [0.2, 0.25) is 5.91 Å². The van der Waals surface area contributed by atoms with Gasteiger partial charge >= 0.3 is 6.36 Å². The number of benzene rings is 1. The lowest BCUT2D eigenvalue weighted by atomic mass is 10.1. The van der Waals surface area contributed by atoms with Crippen LogP contribution in [-0.4, -0.2) is 35.1 Å². The second-order valence-corrected chi connectivity index (χ2v) is 5.96. The van der Waals surface area contributed by atoms with Crippen molar-refractivity contribution in [3.63, 3.8) is 0 Å². The van der Waals surface area contributed by atoms with Crippen LogP contribution in [0.25, 0.3) is 0 Å². The monoisotopic (exact) mass is 384 g/mol. The zero-order chi connectivity index (χ0) is 19.6. The Balaban J connectivity index is 1.83. The molecule has 1 unspecified atom stereocenters. The van der Waals surface area contributed by atoms with Crippen molar-refractivity contribution in [2.45, 2.75) is 12.9 Å². The fraction of sp³-hybridized carbons (Fsp3) is 0.294. The summed E-state index contributed by atoms with van der Waals surface area (Å²) in [6.07, 6.45) is -2.24. The quantitative estimate of drug-likeness (QED) is 0.636. The molecule has 0 saturated heterocycles. The molecular formula is C17H16F4N4O2. The van der Waals surface area contributed by atoms with E-state index in [0.29, 0.717) is 31.1 Å². The van der Waals surface area contributed by atoms with Crippen LogP contribution in [0, 0.1) is 11.7 Å². The van der Waals surface area contributed by atoms with E-state index < -0.39 is 17.9 Å². The number of ether oxygens (including phenoxy) is 1. The second-order valence-electron chi connectivity index (χ2n) is 5.96. The highest BCUT2D eigenvalue weighted by Gasteiger charge is 2.33. The molecule has 0 aliphatic carbocycles. The van der Waals surface area contributed by atoms with Gasteiger partial charge in [0.05, 0.1) is 6.20 Å². The topological polar surface area (TPSA) is 59.4 Å². The Morgan fingerprint density at radius 2 is 2.15 bits per heavy atom. The van der Waals surface area contributed by atoms with E-state index in [1.54, 1.807) is 21.8 Å². The Hall–Kier alpha value is -3.04. The molecule has 2 heterocycles. The van der Waals surface area contributed by atoms with Crippen molar-refractivity contribution < 1.29 is 27.1 Å². The van der Waals surface area contributed by atoms with E-state index in [1.165, 1.54) is 6.07 Å². The van der Waals surface area contributed by atoms with E-state index in [9.17, 15) is 22.4 Å². The van der Waals surface area contributed by atoms with Gasteiger partial charge in [-0.3, -0.25) is 4.79 Å². The second kappa shape index (κ2) is 7.29. The Labute approximate surface area is 152 Å². The highest BCUT2D eigenvalue weighted by molar-refractivity contribution is 5.86. The van der Waals surface area contributed by atoms with Gasteiger partial charge < -0.3 is 15.0 Å². The number of rotatable bonds is 5. The van der Waals surface area contributed by atoms with Gasteiger partial charge in [0.1, 0.15) is 5.82 Å². The molecule has 1 atom stereocenters. The first-order valence-electron chi connectivity index (χ1n) is 8.02. The van der Waals surface area contributed by atoms with E-state index in [-0.39, 0.29) is 11.8 Å². The van der Waals surface area contributed by atoms with Crippen LogP contribution in [-0.2, 0) is 11.3 Å². The van der Waals surface area contributed by atoms with Gasteiger partial charge in [-0.2, -0.15) is 5.10 Å². The molecule has 0 fully saturated rings. The first-order chi connectivity index (χ1) is 12.8. The molecule has 0 radical (unpaired) electrons. The third-order valence-electron chi connectivity index (χ3n) is 4.05. The van der Waals surface area contributed by atoms with Crippen molar-refractivity contribution in [2.75, 3.05) is 18.0 Å². The zero-order valence-electron chi connectivity index (χ0n) is 14.0. The van der Waals surface area contributed by atoms with E-state index in [1.807, 2.05) is 0 Å². The van der Waals surface area contributed by atoms with E-state index in [4.69, 9.17) is 0 Å². The fourth-order valence-corrected chi connectivity index (χ4v) is 2.90.